The van der Waals surface area contributed by atoms with Crippen LogP contribution in [0.2, 0.25) is 0 Å². The Labute approximate surface area is 104 Å². The van der Waals surface area contributed by atoms with E-state index in [1.807, 2.05) is 37.3 Å². The van der Waals surface area contributed by atoms with Crippen molar-refractivity contribution in [1.29, 1.82) is 0 Å². The molecule has 1 N–H and O–H groups in total. The minimum atomic E-state index is -0.240. The zero-order chi connectivity index (χ0) is 12.8. The van der Waals surface area contributed by atoms with Crippen LogP contribution in [0.25, 0.3) is 0 Å². The summed E-state index contributed by atoms with van der Waals surface area (Å²) in [6, 6.07) is 9.64. The lowest BCUT2D eigenvalue weighted by Gasteiger charge is -2.02. The van der Waals surface area contributed by atoms with Crippen LogP contribution in [0.3, 0.4) is 0 Å². The first-order valence-electron chi connectivity index (χ1n) is 5.46. The Balaban J connectivity index is 1.92. The van der Waals surface area contributed by atoms with E-state index in [0.29, 0.717) is 0 Å². The lowest BCUT2D eigenvalue weighted by molar-refractivity contribution is -0.121. The Kier molecular flexibility index (Phi) is 3.80. The van der Waals surface area contributed by atoms with Gasteiger partial charge in [0.2, 0.25) is 0 Å². The van der Waals surface area contributed by atoms with Gasteiger partial charge in [-0.25, -0.2) is 15.1 Å². The average Bonchev–Trinajstić information content (AvgIpc) is 2.90. The molecule has 0 unspecified atom stereocenters. The summed E-state index contributed by atoms with van der Waals surface area (Å²) in [5.74, 6) is -0.240. The van der Waals surface area contributed by atoms with E-state index in [4.69, 9.17) is 0 Å². The molecule has 0 fully saturated rings. The summed E-state index contributed by atoms with van der Waals surface area (Å²) in [6.45, 7) is 1.94. The molecule has 1 aromatic heterocycles. The second kappa shape index (κ2) is 5.72. The smallest absolute Gasteiger partial charge is 0.261 e. The lowest BCUT2D eigenvalue weighted by Crippen LogP contribution is -2.24. The molecule has 2 aromatic rings. The maximum absolute atomic E-state index is 11.5. The van der Waals surface area contributed by atoms with Crippen LogP contribution in [0.5, 0.6) is 0 Å². The van der Waals surface area contributed by atoms with E-state index in [-0.39, 0.29) is 12.5 Å². The standard InChI is InChI=1S/C12H13N5O/c1-10(11-5-3-2-4-6-11)15-16-12(18)7-17-9-13-8-14-17/h2-6,8-9H,7H2,1H3,(H,16,18). The fraction of sp³-hybridized carbons (Fsp3) is 0.167. The van der Waals surface area contributed by atoms with E-state index >= 15 is 0 Å². The number of hydrogen-bond donors (Lipinski definition) is 1. The molecule has 0 saturated carbocycles. The number of aromatic nitrogens is 3. The highest BCUT2D eigenvalue weighted by atomic mass is 16.2. The van der Waals surface area contributed by atoms with Crippen LogP contribution in [0.1, 0.15) is 12.5 Å². The van der Waals surface area contributed by atoms with Gasteiger partial charge in [-0.15, -0.1) is 0 Å². The topological polar surface area (TPSA) is 72.2 Å². The molecule has 6 nitrogen and oxygen atoms in total. The molecule has 1 aromatic carbocycles. The fourth-order valence-corrected chi connectivity index (χ4v) is 1.39. The van der Waals surface area contributed by atoms with Crippen LogP contribution in [-0.2, 0) is 11.3 Å². The number of rotatable bonds is 4. The molecule has 18 heavy (non-hydrogen) atoms. The number of hydrogen-bond acceptors (Lipinski definition) is 4. The minimum Gasteiger partial charge on any atom is -0.271 e. The largest absolute Gasteiger partial charge is 0.271 e. The number of carbonyl (C=O) groups is 1. The first-order chi connectivity index (χ1) is 8.75. The van der Waals surface area contributed by atoms with Gasteiger partial charge >= 0.3 is 0 Å². The molecule has 0 atom stereocenters. The number of amides is 1. The molecule has 92 valence electrons. The molecular formula is C12H13N5O. The average molecular weight is 243 g/mol. The van der Waals surface area contributed by atoms with Crippen LogP contribution in [0.4, 0.5) is 0 Å². The third kappa shape index (κ3) is 3.24. The van der Waals surface area contributed by atoms with Crippen molar-refractivity contribution in [2.24, 2.45) is 5.10 Å². The molecule has 1 amide bonds. The number of nitrogens with one attached hydrogen (secondary N) is 1. The number of benzene rings is 1. The molecule has 2 rings (SSSR count). The van der Waals surface area contributed by atoms with Crippen LogP contribution >= 0.6 is 0 Å². The Bertz CT molecular complexity index is 533. The van der Waals surface area contributed by atoms with Crippen molar-refractivity contribution in [1.82, 2.24) is 20.2 Å². The first kappa shape index (κ1) is 12.0. The van der Waals surface area contributed by atoms with Gasteiger partial charge in [0.05, 0.1) is 5.71 Å². The zero-order valence-corrected chi connectivity index (χ0v) is 9.95. The van der Waals surface area contributed by atoms with Crippen LogP contribution in [0.15, 0.2) is 48.1 Å². The summed E-state index contributed by atoms with van der Waals surface area (Å²) in [5.41, 5.74) is 4.20. The van der Waals surface area contributed by atoms with Crippen molar-refractivity contribution in [2.75, 3.05) is 0 Å². The fourth-order valence-electron chi connectivity index (χ4n) is 1.39. The van der Waals surface area contributed by atoms with Gasteiger partial charge in [0.25, 0.3) is 5.91 Å². The third-order valence-corrected chi connectivity index (χ3v) is 2.31. The van der Waals surface area contributed by atoms with Gasteiger partial charge in [-0.3, -0.25) is 4.79 Å². The Morgan fingerprint density at radius 1 is 1.39 bits per heavy atom. The van der Waals surface area contributed by atoms with Crippen molar-refractivity contribution in [2.45, 2.75) is 13.5 Å². The third-order valence-electron chi connectivity index (χ3n) is 2.31. The Hall–Kier alpha value is -2.50. The van der Waals surface area contributed by atoms with Crippen molar-refractivity contribution in [3.63, 3.8) is 0 Å². The van der Waals surface area contributed by atoms with Gasteiger partial charge in [-0.05, 0) is 12.5 Å². The van der Waals surface area contributed by atoms with Crippen LogP contribution in [0, 0.1) is 0 Å². The highest BCUT2D eigenvalue weighted by molar-refractivity contribution is 5.99. The van der Waals surface area contributed by atoms with Crippen molar-refractivity contribution in [3.8, 4) is 0 Å². The zero-order valence-electron chi connectivity index (χ0n) is 9.95. The predicted molar refractivity (Wildman–Crippen MR) is 66.8 cm³/mol. The van der Waals surface area contributed by atoms with Gasteiger partial charge < -0.3 is 0 Å². The number of hydrazone groups is 1. The summed E-state index contributed by atoms with van der Waals surface area (Å²) >= 11 is 0. The quantitative estimate of drug-likeness (QED) is 0.638. The summed E-state index contributed by atoms with van der Waals surface area (Å²) in [5, 5.41) is 7.87. The number of carbonyl (C=O) groups excluding carboxylic acids is 1. The van der Waals surface area contributed by atoms with Gasteiger partial charge in [0, 0.05) is 0 Å². The molecule has 0 saturated heterocycles. The SMILES string of the molecule is CC(=NNC(=O)Cn1cncn1)c1ccccc1. The van der Waals surface area contributed by atoms with Crippen molar-refractivity contribution >= 4 is 11.6 Å². The molecule has 0 bridgehead atoms. The van der Waals surface area contributed by atoms with E-state index in [2.05, 4.69) is 20.6 Å². The summed E-state index contributed by atoms with van der Waals surface area (Å²) < 4.78 is 1.43. The van der Waals surface area contributed by atoms with Crippen LogP contribution in [-0.4, -0.2) is 26.4 Å². The molecular weight excluding hydrogens is 230 g/mol. The molecule has 0 aliphatic carbocycles. The van der Waals surface area contributed by atoms with Gasteiger partial charge in [-0.2, -0.15) is 10.2 Å². The normalized spacial score (nSPS) is 11.3. The second-order valence-electron chi connectivity index (χ2n) is 3.69. The molecule has 0 aliphatic heterocycles. The molecule has 0 aliphatic rings. The van der Waals surface area contributed by atoms with Crippen molar-refractivity contribution < 1.29 is 4.79 Å². The monoisotopic (exact) mass is 243 g/mol. The maximum Gasteiger partial charge on any atom is 0.261 e. The van der Waals surface area contributed by atoms with E-state index in [0.717, 1.165) is 11.3 Å². The first-order valence-corrected chi connectivity index (χ1v) is 5.46. The van der Waals surface area contributed by atoms with Crippen molar-refractivity contribution in [3.05, 3.63) is 48.5 Å². The molecule has 6 heteroatoms. The maximum atomic E-state index is 11.5. The van der Waals surface area contributed by atoms with E-state index in [1.54, 1.807) is 0 Å². The van der Waals surface area contributed by atoms with E-state index in [1.165, 1.54) is 17.3 Å². The van der Waals surface area contributed by atoms with E-state index in [9.17, 15) is 4.79 Å². The minimum absolute atomic E-state index is 0.103. The predicted octanol–water partition coefficient (Wildman–Crippen LogP) is 0.818. The van der Waals surface area contributed by atoms with E-state index < -0.39 is 0 Å². The van der Waals surface area contributed by atoms with Gasteiger partial charge in [0.1, 0.15) is 19.2 Å². The summed E-state index contributed by atoms with van der Waals surface area (Å²) in [6.07, 6.45) is 2.86. The summed E-state index contributed by atoms with van der Waals surface area (Å²) in [7, 11) is 0. The molecule has 0 radical (unpaired) electrons. The highest BCUT2D eigenvalue weighted by Gasteiger charge is 2.02. The Morgan fingerprint density at radius 3 is 2.83 bits per heavy atom. The van der Waals surface area contributed by atoms with Gasteiger partial charge in [0.15, 0.2) is 0 Å². The highest BCUT2D eigenvalue weighted by Crippen LogP contribution is 1.99. The molecule has 0 spiro atoms. The molecule has 1 heterocycles. The lowest BCUT2D eigenvalue weighted by atomic mass is 10.1. The second-order valence-corrected chi connectivity index (χ2v) is 3.69. The summed E-state index contributed by atoms with van der Waals surface area (Å²) in [4.78, 5) is 15.3. The number of nitrogens with zero attached hydrogens (tertiary/aromatic N) is 4. The van der Waals surface area contributed by atoms with Gasteiger partial charge in [-0.1, -0.05) is 30.3 Å². The van der Waals surface area contributed by atoms with Crippen LogP contribution < -0.4 is 5.43 Å². The Morgan fingerprint density at radius 2 is 2.17 bits per heavy atom.